The summed E-state index contributed by atoms with van der Waals surface area (Å²) in [4.78, 5) is 47.1. The fourth-order valence-electron chi connectivity index (χ4n) is 5.23. The van der Waals surface area contributed by atoms with Crippen molar-refractivity contribution in [2.45, 2.75) is 32.1 Å². The van der Waals surface area contributed by atoms with E-state index in [2.05, 4.69) is 9.98 Å². The van der Waals surface area contributed by atoms with Crippen molar-refractivity contribution in [3.05, 3.63) is 91.3 Å². The largest absolute Gasteiger partial charge is 0.506 e. The predicted molar refractivity (Wildman–Crippen MR) is 137 cm³/mol. The number of fused-ring (bicyclic) bond motifs is 5. The van der Waals surface area contributed by atoms with E-state index in [0.717, 1.165) is 0 Å². The van der Waals surface area contributed by atoms with Crippen LogP contribution in [-0.4, -0.2) is 36.9 Å². The number of phenolic OH excluding ortho intramolecular Hbond substituents is 1. The van der Waals surface area contributed by atoms with Crippen LogP contribution in [0.3, 0.4) is 0 Å². The maximum Gasteiger partial charge on any atom is 0.343 e. The number of benzene rings is 2. The third-order valence-electron chi connectivity index (χ3n) is 7.12. The molecule has 11 nitrogen and oxygen atoms in total. The van der Waals surface area contributed by atoms with Gasteiger partial charge >= 0.3 is 11.7 Å². The van der Waals surface area contributed by atoms with Crippen molar-refractivity contribution in [3.63, 3.8) is 0 Å². The van der Waals surface area contributed by atoms with Gasteiger partial charge in [0.25, 0.3) is 5.56 Å². The Balaban J connectivity index is 1.69. The van der Waals surface area contributed by atoms with Gasteiger partial charge < -0.3 is 14.9 Å². The number of nitrogens with zero attached hydrogens (tertiary/aromatic N) is 4. The SMILES string of the molecule is CC[C@@]1(O)C(=O)OCc2c1c([N+](=O)[O-])c1n(c2=O)Cc2c-1nc1ccccc1c2C=Nc1ccccc1O. The molecule has 2 aliphatic heterocycles. The van der Waals surface area contributed by atoms with Gasteiger partial charge in [-0.1, -0.05) is 37.3 Å². The second-order valence-corrected chi connectivity index (χ2v) is 9.11. The second-order valence-electron chi connectivity index (χ2n) is 9.11. The Kier molecular flexibility index (Phi) is 5.14. The number of aliphatic hydroxyl groups is 1. The van der Waals surface area contributed by atoms with Crippen LogP contribution in [0.5, 0.6) is 5.75 Å². The lowest BCUT2D eigenvalue weighted by molar-refractivity contribution is -0.386. The molecule has 2 aliphatic rings. The summed E-state index contributed by atoms with van der Waals surface area (Å²) in [5.41, 5.74) is -1.97. The van der Waals surface area contributed by atoms with Gasteiger partial charge in [0.2, 0.25) is 0 Å². The van der Waals surface area contributed by atoms with Crippen molar-refractivity contribution < 1.29 is 24.7 Å². The molecule has 2 N–H and O–H groups in total. The van der Waals surface area contributed by atoms with E-state index in [0.29, 0.717) is 27.7 Å². The van der Waals surface area contributed by atoms with Crippen LogP contribution in [0.1, 0.15) is 35.6 Å². The molecule has 6 rings (SSSR count). The van der Waals surface area contributed by atoms with Crippen LogP contribution in [0.4, 0.5) is 11.4 Å². The van der Waals surface area contributed by atoms with Gasteiger partial charge in [0.15, 0.2) is 5.60 Å². The van der Waals surface area contributed by atoms with E-state index in [-0.39, 0.29) is 41.2 Å². The molecule has 2 aromatic carbocycles. The zero-order valence-electron chi connectivity index (χ0n) is 20.0. The molecular weight excluding hydrogens is 492 g/mol. The van der Waals surface area contributed by atoms with E-state index >= 15 is 0 Å². The van der Waals surface area contributed by atoms with E-state index < -0.39 is 34.3 Å². The van der Waals surface area contributed by atoms with E-state index in [1.807, 2.05) is 12.1 Å². The predicted octanol–water partition coefficient (Wildman–Crippen LogP) is 3.44. The minimum absolute atomic E-state index is 0.0231. The minimum atomic E-state index is -2.35. The molecule has 0 saturated carbocycles. The Labute approximate surface area is 214 Å². The number of hydrogen-bond acceptors (Lipinski definition) is 9. The summed E-state index contributed by atoms with van der Waals surface area (Å²) >= 11 is 0. The van der Waals surface area contributed by atoms with Gasteiger partial charge in [-0.05, 0) is 24.6 Å². The number of aromatic nitrogens is 2. The lowest BCUT2D eigenvalue weighted by Crippen LogP contribution is -2.45. The average Bonchev–Trinajstić information content (AvgIpc) is 3.29. The van der Waals surface area contributed by atoms with Crippen molar-refractivity contribution in [2.24, 2.45) is 4.99 Å². The summed E-state index contributed by atoms with van der Waals surface area (Å²) in [7, 11) is 0. The molecule has 0 unspecified atom stereocenters. The van der Waals surface area contributed by atoms with Crippen molar-refractivity contribution >= 4 is 34.5 Å². The number of esters is 1. The zero-order valence-corrected chi connectivity index (χ0v) is 20.0. The Morgan fingerprint density at radius 3 is 2.66 bits per heavy atom. The number of carbonyl (C=O) groups excluding carboxylic acids is 1. The number of hydrogen-bond donors (Lipinski definition) is 2. The highest BCUT2D eigenvalue weighted by atomic mass is 16.6. The molecule has 0 radical (unpaired) electrons. The van der Waals surface area contributed by atoms with Gasteiger partial charge in [0.1, 0.15) is 29.4 Å². The molecule has 0 fully saturated rings. The van der Waals surface area contributed by atoms with Gasteiger partial charge in [-0.2, -0.15) is 0 Å². The van der Waals surface area contributed by atoms with Gasteiger partial charge in [-0.15, -0.1) is 0 Å². The van der Waals surface area contributed by atoms with E-state index in [1.54, 1.807) is 30.3 Å². The van der Waals surface area contributed by atoms with Crippen molar-refractivity contribution in [1.29, 1.82) is 0 Å². The number of aliphatic imine (C=N–C) groups is 1. The summed E-state index contributed by atoms with van der Waals surface area (Å²) in [6.45, 7) is 0.956. The molecule has 0 bridgehead atoms. The molecule has 4 heterocycles. The standard InChI is InChI=1S/C27H20N4O7/c1-2-27(35)21-17(13-38-26(27)34)25(33)30-12-16-15(11-28-19-9-5-6-10-20(19)32)14-7-3-4-8-18(14)29-22(16)24(30)23(21)31(36)37/h3-11,32,35H,2,12-13H2,1H3/t27-/m0/s1. The lowest BCUT2D eigenvalue weighted by atomic mass is 9.84. The van der Waals surface area contributed by atoms with Crippen molar-refractivity contribution in [3.8, 4) is 17.1 Å². The highest BCUT2D eigenvalue weighted by molar-refractivity contribution is 6.04. The maximum atomic E-state index is 13.6. The molecule has 190 valence electrons. The molecule has 11 heteroatoms. The molecule has 38 heavy (non-hydrogen) atoms. The molecule has 4 aromatic rings. The van der Waals surface area contributed by atoms with Crippen LogP contribution in [0.15, 0.2) is 58.3 Å². The number of cyclic esters (lactones) is 1. The maximum absolute atomic E-state index is 13.6. The summed E-state index contributed by atoms with van der Waals surface area (Å²) in [5.74, 6) is -1.06. The number of ether oxygens (including phenoxy) is 1. The average molecular weight is 512 g/mol. The van der Waals surface area contributed by atoms with Crippen LogP contribution in [0.25, 0.3) is 22.3 Å². The number of rotatable bonds is 4. The zero-order chi connectivity index (χ0) is 26.8. The molecular formula is C27H20N4O7. The molecule has 0 saturated heterocycles. The van der Waals surface area contributed by atoms with Crippen LogP contribution in [0.2, 0.25) is 0 Å². The summed E-state index contributed by atoms with van der Waals surface area (Å²) in [6.07, 6.45) is 1.31. The highest BCUT2D eigenvalue weighted by Gasteiger charge is 2.52. The number of phenols is 1. The smallest absolute Gasteiger partial charge is 0.343 e. The molecule has 0 aliphatic carbocycles. The third-order valence-corrected chi connectivity index (χ3v) is 7.12. The summed E-state index contributed by atoms with van der Waals surface area (Å²) in [6, 6.07) is 13.7. The second kappa shape index (κ2) is 8.32. The highest BCUT2D eigenvalue weighted by Crippen LogP contribution is 2.47. The van der Waals surface area contributed by atoms with Gasteiger partial charge in [0, 0.05) is 22.7 Å². The molecule has 0 spiro atoms. The van der Waals surface area contributed by atoms with Crippen molar-refractivity contribution in [2.75, 3.05) is 0 Å². The Morgan fingerprint density at radius 1 is 1.18 bits per heavy atom. The number of carbonyl (C=O) groups is 1. The first-order chi connectivity index (χ1) is 18.3. The molecule has 2 aromatic heterocycles. The molecule has 1 atom stereocenters. The van der Waals surface area contributed by atoms with Crippen LogP contribution in [-0.2, 0) is 28.3 Å². The van der Waals surface area contributed by atoms with Crippen LogP contribution >= 0.6 is 0 Å². The Bertz CT molecular complexity index is 1790. The van der Waals surface area contributed by atoms with Crippen LogP contribution < -0.4 is 5.56 Å². The number of aromatic hydroxyl groups is 1. The normalized spacial score (nSPS) is 17.8. The first-order valence-electron chi connectivity index (χ1n) is 11.8. The summed E-state index contributed by atoms with van der Waals surface area (Å²) < 4.78 is 6.30. The fourth-order valence-corrected chi connectivity index (χ4v) is 5.23. The van der Waals surface area contributed by atoms with E-state index in [4.69, 9.17) is 4.74 Å². The first kappa shape index (κ1) is 23.5. The van der Waals surface area contributed by atoms with E-state index in [9.17, 15) is 29.9 Å². The Hall–Kier alpha value is -4.90. The summed E-state index contributed by atoms with van der Waals surface area (Å²) in [5, 5.41) is 34.6. The first-order valence-corrected chi connectivity index (χ1v) is 11.8. The Morgan fingerprint density at radius 2 is 1.92 bits per heavy atom. The van der Waals surface area contributed by atoms with Crippen LogP contribution in [0, 0.1) is 10.1 Å². The fraction of sp³-hybridized carbons (Fsp3) is 0.185. The number of pyridine rings is 2. The quantitative estimate of drug-likeness (QED) is 0.160. The number of nitro groups is 1. The lowest BCUT2D eigenvalue weighted by Gasteiger charge is -2.31. The molecule has 0 amide bonds. The number of para-hydroxylation sites is 3. The third kappa shape index (κ3) is 3.18. The van der Waals surface area contributed by atoms with Crippen molar-refractivity contribution in [1.82, 2.24) is 9.55 Å². The topological polar surface area (TPSA) is 157 Å². The minimum Gasteiger partial charge on any atom is -0.506 e. The van der Waals surface area contributed by atoms with E-state index in [1.165, 1.54) is 23.8 Å². The van der Waals surface area contributed by atoms with Gasteiger partial charge in [-0.25, -0.2) is 9.78 Å². The van der Waals surface area contributed by atoms with Gasteiger partial charge in [-0.3, -0.25) is 24.5 Å². The monoisotopic (exact) mass is 512 g/mol. The van der Waals surface area contributed by atoms with Gasteiger partial charge in [0.05, 0.1) is 28.1 Å².